The Hall–Kier alpha value is -1.86. The molecule has 0 aliphatic heterocycles. The Bertz CT molecular complexity index is 519. The highest BCUT2D eigenvalue weighted by molar-refractivity contribution is 5.47. The number of rotatable bonds is 4. The average Bonchev–Trinajstić information content (AvgIpc) is 2.89. The number of aromatic amines is 1. The normalized spacial score (nSPS) is 13.5. The van der Waals surface area contributed by atoms with Gasteiger partial charge in [0.15, 0.2) is 5.82 Å². The minimum Gasteiger partial charge on any atom is -0.385 e. The first-order valence-corrected chi connectivity index (χ1v) is 6.10. The fourth-order valence-electron chi connectivity index (χ4n) is 1.54. The number of tetrazole rings is 1. The van der Waals surface area contributed by atoms with Gasteiger partial charge < -0.3 is 10.4 Å². The molecule has 0 aromatic carbocycles. The van der Waals surface area contributed by atoms with E-state index in [4.69, 9.17) is 0 Å². The molecular weight excluding hydrogens is 244 g/mol. The van der Waals surface area contributed by atoms with E-state index < -0.39 is 6.10 Å². The van der Waals surface area contributed by atoms with Gasteiger partial charge in [0.2, 0.25) is 0 Å². The van der Waals surface area contributed by atoms with Crippen molar-refractivity contribution in [3.63, 3.8) is 0 Å². The standard InChI is InChI=1S/C12H18N6O/c1-12(2,3)13-7-10(19)8-5-4-6-9(14-8)11-15-17-18-16-11/h4-6,10,13,19H,7H2,1-3H3,(H,15,16,17,18)/t10-/m0/s1. The van der Waals surface area contributed by atoms with Crippen LogP contribution in [0.4, 0.5) is 0 Å². The largest absolute Gasteiger partial charge is 0.385 e. The Labute approximate surface area is 111 Å². The van der Waals surface area contributed by atoms with Crippen molar-refractivity contribution in [1.29, 1.82) is 0 Å². The predicted molar refractivity (Wildman–Crippen MR) is 70.1 cm³/mol. The fourth-order valence-corrected chi connectivity index (χ4v) is 1.54. The quantitative estimate of drug-likeness (QED) is 0.749. The van der Waals surface area contributed by atoms with Crippen LogP contribution in [0.25, 0.3) is 11.5 Å². The number of β-amino-alcohol motifs (C(OH)–C–C–N with tert-alkyl or cyclic N) is 1. The summed E-state index contributed by atoms with van der Waals surface area (Å²) in [5, 5.41) is 26.8. The molecule has 19 heavy (non-hydrogen) atoms. The molecule has 7 heteroatoms. The zero-order chi connectivity index (χ0) is 13.9. The van der Waals surface area contributed by atoms with Gasteiger partial charge in [0.05, 0.1) is 5.69 Å². The van der Waals surface area contributed by atoms with Crippen LogP contribution in [0.3, 0.4) is 0 Å². The van der Waals surface area contributed by atoms with Crippen molar-refractivity contribution >= 4 is 0 Å². The number of aliphatic hydroxyl groups is 1. The maximum absolute atomic E-state index is 10.1. The molecule has 2 rings (SSSR count). The molecule has 0 radical (unpaired) electrons. The molecule has 0 saturated carbocycles. The maximum Gasteiger partial charge on any atom is 0.198 e. The molecule has 0 aliphatic rings. The zero-order valence-corrected chi connectivity index (χ0v) is 11.3. The average molecular weight is 262 g/mol. The molecule has 0 spiro atoms. The van der Waals surface area contributed by atoms with Crippen LogP contribution in [0.2, 0.25) is 0 Å². The van der Waals surface area contributed by atoms with E-state index in [9.17, 15) is 5.11 Å². The molecule has 3 N–H and O–H groups in total. The van der Waals surface area contributed by atoms with Gasteiger partial charge in [0, 0.05) is 12.1 Å². The number of hydrogen-bond donors (Lipinski definition) is 3. The molecule has 0 aliphatic carbocycles. The molecule has 2 heterocycles. The Kier molecular flexibility index (Phi) is 3.87. The SMILES string of the molecule is CC(C)(C)NC[C@H](O)c1cccc(-c2nnn[nH]2)n1. The minimum absolute atomic E-state index is 0.0482. The van der Waals surface area contributed by atoms with Crippen LogP contribution < -0.4 is 5.32 Å². The number of nitrogens with one attached hydrogen (secondary N) is 2. The van der Waals surface area contributed by atoms with Gasteiger partial charge in [0.1, 0.15) is 11.8 Å². The molecular formula is C12H18N6O. The molecule has 0 fully saturated rings. The van der Waals surface area contributed by atoms with E-state index in [-0.39, 0.29) is 5.54 Å². The second-order valence-corrected chi connectivity index (χ2v) is 5.34. The monoisotopic (exact) mass is 262 g/mol. The second-order valence-electron chi connectivity index (χ2n) is 5.34. The molecule has 0 saturated heterocycles. The lowest BCUT2D eigenvalue weighted by Gasteiger charge is -2.22. The van der Waals surface area contributed by atoms with E-state index in [1.165, 1.54) is 0 Å². The minimum atomic E-state index is -0.671. The Morgan fingerprint density at radius 1 is 1.37 bits per heavy atom. The Morgan fingerprint density at radius 3 is 2.79 bits per heavy atom. The zero-order valence-electron chi connectivity index (χ0n) is 11.3. The molecule has 2 aromatic heterocycles. The third kappa shape index (κ3) is 3.80. The smallest absolute Gasteiger partial charge is 0.198 e. The highest BCUT2D eigenvalue weighted by atomic mass is 16.3. The van der Waals surface area contributed by atoms with Gasteiger partial charge in [-0.05, 0) is 43.3 Å². The molecule has 0 unspecified atom stereocenters. The van der Waals surface area contributed by atoms with Crippen molar-refractivity contribution in [1.82, 2.24) is 30.9 Å². The number of aromatic nitrogens is 5. The van der Waals surface area contributed by atoms with Crippen LogP contribution in [0, 0.1) is 0 Å². The molecule has 2 aromatic rings. The summed E-state index contributed by atoms with van der Waals surface area (Å²) < 4.78 is 0. The van der Waals surface area contributed by atoms with Gasteiger partial charge in [-0.25, -0.2) is 10.1 Å². The maximum atomic E-state index is 10.1. The number of hydrogen-bond acceptors (Lipinski definition) is 6. The van der Waals surface area contributed by atoms with Crippen LogP contribution in [0.5, 0.6) is 0 Å². The van der Waals surface area contributed by atoms with Crippen molar-refractivity contribution in [2.45, 2.75) is 32.4 Å². The second kappa shape index (κ2) is 5.41. The summed E-state index contributed by atoms with van der Waals surface area (Å²) in [6, 6.07) is 5.39. The Morgan fingerprint density at radius 2 is 2.16 bits per heavy atom. The van der Waals surface area contributed by atoms with Crippen LogP contribution >= 0.6 is 0 Å². The first-order valence-electron chi connectivity index (χ1n) is 6.10. The van der Waals surface area contributed by atoms with E-state index in [1.54, 1.807) is 12.1 Å². The molecule has 0 bridgehead atoms. The number of pyridine rings is 1. The fraction of sp³-hybridized carbons (Fsp3) is 0.500. The summed E-state index contributed by atoms with van der Waals surface area (Å²) in [6.07, 6.45) is -0.671. The van der Waals surface area contributed by atoms with Crippen molar-refractivity contribution < 1.29 is 5.11 Å². The third-order valence-corrected chi connectivity index (χ3v) is 2.53. The first kappa shape index (κ1) is 13.6. The van der Waals surface area contributed by atoms with Crippen molar-refractivity contribution in [2.24, 2.45) is 0 Å². The number of aliphatic hydroxyl groups excluding tert-OH is 1. The van der Waals surface area contributed by atoms with Crippen molar-refractivity contribution in [3.05, 3.63) is 23.9 Å². The van der Waals surface area contributed by atoms with Gasteiger partial charge in [-0.15, -0.1) is 5.10 Å². The van der Waals surface area contributed by atoms with E-state index in [0.29, 0.717) is 23.8 Å². The lowest BCUT2D eigenvalue weighted by atomic mass is 10.1. The molecule has 0 amide bonds. The summed E-state index contributed by atoms with van der Waals surface area (Å²) in [5.41, 5.74) is 1.15. The Balaban J connectivity index is 2.10. The summed E-state index contributed by atoms with van der Waals surface area (Å²) in [4.78, 5) is 4.35. The lowest BCUT2D eigenvalue weighted by Crippen LogP contribution is -2.38. The van der Waals surface area contributed by atoms with Gasteiger partial charge in [0.25, 0.3) is 0 Å². The first-order chi connectivity index (χ1) is 8.96. The number of nitrogens with zero attached hydrogens (tertiary/aromatic N) is 4. The van der Waals surface area contributed by atoms with Crippen LogP contribution in [0.15, 0.2) is 18.2 Å². The van der Waals surface area contributed by atoms with Gasteiger partial charge in [-0.3, -0.25) is 0 Å². The topological polar surface area (TPSA) is 99.6 Å². The highest BCUT2D eigenvalue weighted by Gasteiger charge is 2.15. The summed E-state index contributed by atoms with van der Waals surface area (Å²) >= 11 is 0. The van der Waals surface area contributed by atoms with Crippen LogP contribution in [0.1, 0.15) is 32.6 Å². The van der Waals surface area contributed by atoms with E-state index in [0.717, 1.165) is 0 Å². The van der Waals surface area contributed by atoms with Gasteiger partial charge in [-0.2, -0.15) is 0 Å². The summed E-state index contributed by atoms with van der Waals surface area (Å²) in [6.45, 7) is 6.58. The van der Waals surface area contributed by atoms with E-state index >= 15 is 0 Å². The third-order valence-electron chi connectivity index (χ3n) is 2.53. The lowest BCUT2D eigenvalue weighted by molar-refractivity contribution is 0.159. The summed E-state index contributed by atoms with van der Waals surface area (Å²) in [5.74, 6) is 0.484. The van der Waals surface area contributed by atoms with Gasteiger partial charge >= 0.3 is 0 Å². The molecule has 7 nitrogen and oxygen atoms in total. The molecule has 1 atom stereocenters. The van der Waals surface area contributed by atoms with E-state index in [2.05, 4.69) is 30.9 Å². The molecule has 102 valence electrons. The van der Waals surface area contributed by atoms with Crippen molar-refractivity contribution in [3.8, 4) is 11.5 Å². The van der Waals surface area contributed by atoms with Crippen LogP contribution in [-0.2, 0) is 0 Å². The highest BCUT2D eigenvalue weighted by Crippen LogP contribution is 2.15. The van der Waals surface area contributed by atoms with Gasteiger partial charge in [-0.1, -0.05) is 6.07 Å². The van der Waals surface area contributed by atoms with E-state index in [1.807, 2.05) is 26.8 Å². The summed E-state index contributed by atoms with van der Waals surface area (Å²) in [7, 11) is 0. The number of H-pyrrole nitrogens is 1. The predicted octanol–water partition coefficient (Wildman–Crippen LogP) is 0.683. The van der Waals surface area contributed by atoms with Crippen LogP contribution in [-0.4, -0.2) is 42.8 Å². The van der Waals surface area contributed by atoms with Crippen molar-refractivity contribution in [2.75, 3.05) is 6.54 Å².